The number of aliphatic carboxylic acids is 1. The third kappa shape index (κ3) is 1.60. The number of carbonyl (C=O) groups is 1. The molecule has 1 saturated carbocycles. The Bertz CT molecular complexity index is 481. The van der Waals surface area contributed by atoms with Gasteiger partial charge in [0.25, 0.3) is 0 Å². The number of phenols is 2. The first-order valence-electron chi connectivity index (χ1n) is 5.54. The molecule has 0 aromatic heterocycles. The highest BCUT2D eigenvalue weighted by molar-refractivity contribution is 5.82. The van der Waals surface area contributed by atoms with Gasteiger partial charge in [-0.25, -0.2) is 8.78 Å². The Labute approximate surface area is 101 Å². The Balaban J connectivity index is 2.73. The molecule has 1 aliphatic rings. The van der Waals surface area contributed by atoms with E-state index in [0.29, 0.717) is 18.9 Å². The zero-order valence-corrected chi connectivity index (χ0v) is 9.41. The van der Waals surface area contributed by atoms with Crippen LogP contribution in [0.5, 0.6) is 11.5 Å². The van der Waals surface area contributed by atoms with Crippen molar-refractivity contribution in [3.63, 3.8) is 0 Å². The summed E-state index contributed by atoms with van der Waals surface area (Å²) in [5.74, 6) is -5.86. The van der Waals surface area contributed by atoms with Crippen LogP contribution in [0.3, 0.4) is 0 Å². The normalized spacial score (nSPS) is 17.9. The molecule has 0 radical (unpaired) electrons. The van der Waals surface area contributed by atoms with Crippen molar-refractivity contribution in [2.24, 2.45) is 0 Å². The minimum Gasteiger partial charge on any atom is -0.505 e. The molecule has 0 saturated heterocycles. The molecule has 1 aliphatic carbocycles. The van der Waals surface area contributed by atoms with E-state index in [9.17, 15) is 28.9 Å². The van der Waals surface area contributed by atoms with Crippen LogP contribution in [0.15, 0.2) is 6.07 Å². The van der Waals surface area contributed by atoms with E-state index in [2.05, 4.69) is 0 Å². The average Bonchev–Trinajstić information content (AvgIpc) is 2.77. The van der Waals surface area contributed by atoms with E-state index < -0.39 is 40.1 Å². The van der Waals surface area contributed by atoms with Crippen LogP contribution < -0.4 is 0 Å². The molecule has 0 heterocycles. The van der Waals surface area contributed by atoms with Gasteiger partial charge in [0.15, 0.2) is 23.1 Å². The van der Waals surface area contributed by atoms with E-state index in [4.69, 9.17) is 0 Å². The fourth-order valence-corrected chi connectivity index (χ4v) is 2.58. The Morgan fingerprint density at radius 3 is 1.94 bits per heavy atom. The molecule has 0 aliphatic heterocycles. The van der Waals surface area contributed by atoms with Crippen LogP contribution in [0.25, 0.3) is 0 Å². The molecule has 4 nitrogen and oxygen atoms in total. The van der Waals surface area contributed by atoms with Crippen LogP contribution in [-0.4, -0.2) is 21.3 Å². The van der Waals surface area contributed by atoms with Crippen LogP contribution in [0, 0.1) is 11.6 Å². The van der Waals surface area contributed by atoms with Crippen molar-refractivity contribution in [2.45, 2.75) is 31.1 Å². The lowest BCUT2D eigenvalue weighted by molar-refractivity contribution is -0.143. The number of carboxylic acids is 1. The molecule has 0 bridgehead atoms. The van der Waals surface area contributed by atoms with Gasteiger partial charge in [-0.05, 0) is 12.8 Å². The number of carboxylic acid groups (broad SMARTS) is 1. The van der Waals surface area contributed by atoms with Gasteiger partial charge in [-0.3, -0.25) is 4.79 Å². The minimum atomic E-state index is -1.70. The lowest BCUT2D eigenvalue weighted by atomic mass is 9.78. The fraction of sp³-hybridized carbons (Fsp3) is 0.417. The maximum absolute atomic E-state index is 13.8. The Hall–Kier alpha value is -1.85. The van der Waals surface area contributed by atoms with Crippen LogP contribution in [0.4, 0.5) is 8.78 Å². The molecule has 0 atom stereocenters. The van der Waals surface area contributed by atoms with Gasteiger partial charge in [0, 0.05) is 11.6 Å². The van der Waals surface area contributed by atoms with Crippen LogP contribution in [-0.2, 0) is 10.2 Å². The summed E-state index contributed by atoms with van der Waals surface area (Å²) in [7, 11) is 0. The van der Waals surface area contributed by atoms with Gasteiger partial charge in [0.2, 0.25) is 0 Å². The topological polar surface area (TPSA) is 77.8 Å². The first-order valence-corrected chi connectivity index (χ1v) is 5.54. The largest absolute Gasteiger partial charge is 0.505 e. The number of benzene rings is 1. The van der Waals surface area contributed by atoms with Crippen LogP contribution in [0.1, 0.15) is 31.2 Å². The lowest BCUT2D eigenvalue weighted by Crippen LogP contribution is -2.34. The molecule has 1 fully saturated rings. The van der Waals surface area contributed by atoms with Crippen LogP contribution in [0.2, 0.25) is 0 Å². The number of phenolic OH excluding ortho intramolecular Hbond substituents is 2. The number of hydrogen-bond acceptors (Lipinski definition) is 3. The maximum atomic E-state index is 13.8. The average molecular weight is 258 g/mol. The summed E-state index contributed by atoms with van der Waals surface area (Å²) in [5.41, 5.74) is -2.45. The molecule has 2 rings (SSSR count). The second-order valence-corrected chi connectivity index (χ2v) is 4.51. The molecule has 98 valence electrons. The minimum absolute atomic E-state index is 0.0824. The quantitative estimate of drug-likeness (QED) is 0.760. The highest BCUT2D eigenvalue weighted by Gasteiger charge is 2.47. The first kappa shape index (κ1) is 12.6. The summed E-state index contributed by atoms with van der Waals surface area (Å²) >= 11 is 0. The number of halogens is 2. The molecule has 6 heteroatoms. The van der Waals surface area contributed by atoms with E-state index in [-0.39, 0.29) is 12.8 Å². The standard InChI is InChI=1S/C12H12F2O4/c13-9-6(15)5-7(16)10(14)8(9)12(11(17)18)3-1-2-4-12/h5,15-16H,1-4H2,(H,17,18). The van der Waals surface area contributed by atoms with Crippen molar-refractivity contribution in [3.8, 4) is 11.5 Å². The van der Waals surface area contributed by atoms with E-state index in [1.54, 1.807) is 0 Å². The van der Waals surface area contributed by atoms with E-state index in [0.717, 1.165) is 0 Å². The lowest BCUT2D eigenvalue weighted by Gasteiger charge is -2.25. The highest BCUT2D eigenvalue weighted by Crippen LogP contribution is 2.46. The van der Waals surface area contributed by atoms with Crippen molar-refractivity contribution in [2.75, 3.05) is 0 Å². The molecule has 3 N–H and O–H groups in total. The number of aromatic hydroxyl groups is 2. The summed E-state index contributed by atoms with van der Waals surface area (Å²) in [6.07, 6.45) is 1.22. The highest BCUT2D eigenvalue weighted by atomic mass is 19.1. The number of rotatable bonds is 2. The Morgan fingerprint density at radius 1 is 1.11 bits per heavy atom. The molecule has 0 unspecified atom stereocenters. The monoisotopic (exact) mass is 258 g/mol. The van der Waals surface area contributed by atoms with Crippen molar-refractivity contribution < 1.29 is 28.9 Å². The van der Waals surface area contributed by atoms with Crippen LogP contribution >= 0.6 is 0 Å². The van der Waals surface area contributed by atoms with Gasteiger partial charge >= 0.3 is 5.97 Å². The molecule has 1 aromatic rings. The van der Waals surface area contributed by atoms with Crippen molar-refractivity contribution in [3.05, 3.63) is 23.3 Å². The summed E-state index contributed by atoms with van der Waals surface area (Å²) in [4.78, 5) is 11.4. The maximum Gasteiger partial charge on any atom is 0.314 e. The van der Waals surface area contributed by atoms with Gasteiger partial charge in [-0.2, -0.15) is 0 Å². The predicted octanol–water partition coefficient (Wildman–Crippen LogP) is 2.27. The van der Waals surface area contributed by atoms with Gasteiger partial charge in [0.1, 0.15) is 0 Å². The van der Waals surface area contributed by atoms with Crippen molar-refractivity contribution in [1.29, 1.82) is 0 Å². The summed E-state index contributed by atoms with van der Waals surface area (Å²) in [5, 5.41) is 27.8. The molecule has 1 aromatic carbocycles. The first-order chi connectivity index (χ1) is 8.40. The molecular formula is C12H12F2O4. The summed E-state index contributed by atoms with van der Waals surface area (Å²) < 4.78 is 27.7. The number of hydrogen-bond donors (Lipinski definition) is 3. The summed E-state index contributed by atoms with van der Waals surface area (Å²) in [6, 6.07) is 0.526. The fourth-order valence-electron chi connectivity index (χ4n) is 2.58. The van der Waals surface area contributed by atoms with Gasteiger partial charge < -0.3 is 15.3 Å². The van der Waals surface area contributed by atoms with E-state index in [1.165, 1.54) is 0 Å². The Morgan fingerprint density at radius 2 is 1.56 bits per heavy atom. The van der Waals surface area contributed by atoms with E-state index >= 15 is 0 Å². The smallest absolute Gasteiger partial charge is 0.314 e. The third-order valence-corrected chi connectivity index (χ3v) is 3.51. The SMILES string of the molecule is O=C(O)C1(c2c(F)c(O)cc(O)c2F)CCCC1. The molecule has 0 spiro atoms. The zero-order chi connectivity index (χ0) is 13.5. The predicted molar refractivity (Wildman–Crippen MR) is 57.5 cm³/mol. The second-order valence-electron chi connectivity index (χ2n) is 4.51. The summed E-state index contributed by atoms with van der Waals surface area (Å²) in [6.45, 7) is 0. The molecule has 0 amide bonds. The van der Waals surface area contributed by atoms with Crippen molar-refractivity contribution >= 4 is 5.97 Å². The second kappa shape index (κ2) is 4.12. The Kier molecular flexibility index (Phi) is 2.88. The van der Waals surface area contributed by atoms with Crippen molar-refractivity contribution in [1.82, 2.24) is 0 Å². The molecule has 18 heavy (non-hydrogen) atoms. The van der Waals surface area contributed by atoms with Gasteiger partial charge in [0.05, 0.1) is 5.41 Å². The third-order valence-electron chi connectivity index (χ3n) is 3.51. The van der Waals surface area contributed by atoms with E-state index in [1.807, 2.05) is 0 Å². The molecular weight excluding hydrogens is 246 g/mol. The zero-order valence-electron chi connectivity index (χ0n) is 9.41. The van der Waals surface area contributed by atoms with Gasteiger partial charge in [-0.1, -0.05) is 12.8 Å². The van der Waals surface area contributed by atoms with Gasteiger partial charge in [-0.15, -0.1) is 0 Å².